The molecule has 1 saturated carbocycles. The highest BCUT2D eigenvalue weighted by molar-refractivity contribution is 5.76. The number of hydrogen-bond acceptors (Lipinski definition) is 4. The van der Waals surface area contributed by atoms with Crippen LogP contribution in [0.4, 0.5) is 0 Å². The number of aromatic nitrogens is 4. The molecular weight excluding hydrogens is 326 g/mol. The van der Waals surface area contributed by atoms with Gasteiger partial charge in [0.2, 0.25) is 5.91 Å². The summed E-state index contributed by atoms with van der Waals surface area (Å²) in [5, 5.41) is 7.36. The van der Waals surface area contributed by atoms with Gasteiger partial charge < -0.3 is 4.90 Å². The Morgan fingerprint density at radius 2 is 1.96 bits per heavy atom. The van der Waals surface area contributed by atoms with E-state index >= 15 is 0 Å². The van der Waals surface area contributed by atoms with Gasteiger partial charge in [-0.05, 0) is 36.8 Å². The molecule has 2 aromatic rings. The molecule has 2 fully saturated rings. The Labute approximate surface area is 154 Å². The van der Waals surface area contributed by atoms with Gasteiger partial charge >= 0.3 is 0 Å². The van der Waals surface area contributed by atoms with Crippen molar-refractivity contribution in [3.63, 3.8) is 0 Å². The largest absolute Gasteiger partial charge is 0.342 e. The van der Waals surface area contributed by atoms with Crippen LogP contribution in [-0.2, 0) is 11.2 Å². The van der Waals surface area contributed by atoms with Crippen LogP contribution in [0.15, 0.2) is 24.5 Å². The second-order valence-electron chi connectivity index (χ2n) is 7.73. The Bertz CT molecular complexity index is 723. The first-order valence-corrected chi connectivity index (χ1v) is 9.87. The van der Waals surface area contributed by atoms with Crippen LogP contribution in [0.3, 0.4) is 0 Å². The molecule has 3 heterocycles. The first-order valence-electron chi connectivity index (χ1n) is 9.87. The monoisotopic (exact) mass is 353 g/mol. The highest BCUT2D eigenvalue weighted by Crippen LogP contribution is 2.29. The summed E-state index contributed by atoms with van der Waals surface area (Å²) in [5.74, 6) is 3.23. The highest BCUT2D eigenvalue weighted by Gasteiger charge is 2.27. The van der Waals surface area contributed by atoms with E-state index in [0.29, 0.717) is 17.6 Å². The molecule has 138 valence electrons. The summed E-state index contributed by atoms with van der Waals surface area (Å²) in [6, 6.07) is 3.82. The van der Waals surface area contributed by atoms with Crippen LogP contribution in [0.1, 0.15) is 50.8 Å². The minimum atomic E-state index is 0.342. The Hall–Kier alpha value is -2.24. The number of nitrogens with zero attached hydrogens (tertiary/aromatic N) is 4. The zero-order valence-electron chi connectivity index (χ0n) is 15.2. The lowest BCUT2D eigenvalue weighted by Gasteiger charge is -2.17. The summed E-state index contributed by atoms with van der Waals surface area (Å²) < 4.78 is 0. The first-order chi connectivity index (χ1) is 12.8. The SMILES string of the molecule is O=C(CCC1CCCC1)N1CCC(Cc2nc(-c3ccncc3)n[nH]2)C1. The lowest BCUT2D eigenvalue weighted by Crippen LogP contribution is -2.29. The molecule has 0 radical (unpaired) electrons. The van der Waals surface area contributed by atoms with Gasteiger partial charge in [0.1, 0.15) is 5.82 Å². The minimum absolute atomic E-state index is 0.342. The van der Waals surface area contributed by atoms with Crippen molar-refractivity contribution < 1.29 is 4.79 Å². The zero-order chi connectivity index (χ0) is 17.8. The Balaban J connectivity index is 1.26. The van der Waals surface area contributed by atoms with Crippen LogP contribution in [0.5, 0.6) is 0 Å². The predicted molar refractivity (Wildman–Crippen MR) is 99.2 cm³/mol. The van der Waals surface area contributed by atoms with Crippen LogP contribution < -0.4 is 0 Å². The van der Waals surface area contributed by atoms with Gasteiger partial charge in [0.05, 0.1) is 0 Å². The van der Waals surface area contributed by atoms with Crippen molar-refractivity contribution in [1.82, 2.24) is 25.1 Å². The summed E-state index contributed by atoms with van der Waals surface area (Å²) in [5.41, 5.74) is 0.970. The topological polar surface area (TPSA) is 74.8 Å². The van der Waals surface area contributed by atoms with Crippen molar-refractivity contribution in [2.75, 3.05) is 13.1 Å². The Morgan fingerprint density at radius 1 is 1.15 bits per heavy atom. The second kappa shape index (κ2) is 7.98. The molecule has 1 aliphatic heterocycles. The van der Waals surface area contributed by atoms with Gasteiger partial charge in [0.25, 0.3) is 0 Å². The molecule has 2 aliphatic rings. The molecule has 1 atom stereocenters. The standard InChI is InChI=1S/C20H27N5O/c26-19(6-5-15-3-1-2-4-15)25-12-9-16(14-25)13-18-22-20(24-23-18)17-7-10-21-11-8-17/h7-8,10-11,15-16H,1-6,9,12-14H2,(H,22,23,24). The van der Waals surface area contributed by atoms with Crippen LogP contribution in [-0.4, -0.2) is 44.1 Å². The van der Waals surface area contributed by atoms with Gasteiger partial charge in [-0.2, -0.15) is 5.10 Å². The first kappa shape index (κ1) is 17.2. The normalized spacial score (nSPS) is 20.8. The fraction of sp³-hybridized carbons (Fsp3) is 0.600. The molecule has 1 N–H and O–H groups in total. The van der Waals surface area contributed by atoms with Crippen molar-refractivity contribution in [2.24, 2.45) is 11.8 Å². The predicted octanol–water partition coefficient (Wildman–Crippen LogP) is 3.23. The number of likely N-dealkylation sites (tertiary alicyclic amines) is 1. The lowest BCUT2D eigenvalue weighted by atomic mass is 10.0. The number of rotatable bonds is 6. The summed E-state index contributed by atoms with van der Waals surface area (Å²) in [6.45, 7) is 1.74. The highest BCUT2D eigenvalue weighted by atomic mass is 16.2. The van der Waals surface area contributed by atoms with Crippen LogP contribution in [0.25, 0.3) is 11.4 Å². The molecule has 0 aromatic carbocycles. The molecule has 1 unspecified atom stereocenters. The molecule has 26 heavy (non-hydrogen) atoms. The summed E-state index contributed by atoms with van der Waals surface area (Å²) in [7, 11) is 0. The molecule has 6 nitrogen and oxygen atoms in total. The average molecular weight is 353 g/mol. The van der Waals surface area contributed by atoms with Crippen molar-refractivity contribution in [1.29, 1.82) is 0 Å². The third kappa shape index (κ3) is 4.11. The minimum Gasteiger partial charge on any atom is -0.342 e. The van der Waals surface area contributed by atoms with E-state index in [0.717, 1.165) is 56.1 Å². The van der Waals surface area contributed by atoms with Crippen LogP contribution >= 0.6 is 0 Å². The van der Waals surface area contributed by atoms with E-state index in [9.17, 15) is 4.79 Å². The van der Waals surface area contributed by atoms with Crippen molar-refractivity contribution >= 4 is 5.91 Å². The summed E-state index contributed by atoms with van der Waals surface area (Å²) >= 11 is 0. The summed E-state index contributed by atoms with van der Waals surface area (Å²) in [4.78, 5) is 23.2. The quantitative estimate of drug-likeness (QED) is 0.865. The number of amides is 1. The molecule has 1 aliphatic carbocycles. The van der Waals surface area contributed by atoms with Gasteiger partial charge in [-0.15, -0.1) is 0 Å². The second-order valence-corrected chi connectivity index (χ2v) is 7.73. The molecule has 6 heteroatoms. The Kier molecular flexibility index (Phi) is 5.27. The van der Waals surface area contributed by atoms with E-state index in [2.05, 4.69) is 25.1 Å². The number of H-pyrrole nitrogens is 1. The van der Waals surface area contributed by atoms with Gasteiger partial charge in [-0.3, -0.25) is 14.9 Å². The van der Waals surface area contributed by atoms with Gasteiger partial charge in [-0.25, -0.2) is 4.98 Å². The van der Waals surface area contributed by atoms with E-state index in [1.165, 1.54) is 25.7 Å². The molecule has 1 saturated heterocycles. The fourth-order valence-corrected chi connectivity index (χ4v) is 4.30. The van der Waals surface area contributed by atoms with Crippen LogP contribution in [0.2, 0.25) is 0 Å². The number of aromatic amines is 1. The van der Waals surface area contributed by atoms with Crippen molar-refractivity contribution in [3.05, 3.63) is 30.4 Å². The fourth-order valence-electron chi connectivity index (χ4n) is 4.30. The maximum Gasteiger partial charge on any atom is 0.222 e. The van der Waals surface area contributed by atoms with E-state index in [1.54, 1.807) is 12.4 Å². The third-order valence-electron chi connectivity index (χ3n) is 5.83. The maximum absolute atomic E-state index is 12.5. The molecule has 0 spiro atoms. The van der Waals surface area contributed by atoms with E-state index in [1.807, 2.05) is 12.1 Å². The van der Waals surface area contributed by atoms with Gasteiger partial charge in [-0.1, -0.05) is 25.7 Å². The number of carbonyl (C=O) groups is 1. The van der Waals surface area contributed by atoms with E-state index in [4.69, 9.17) is 0 Å². The maximum atomic E-state index is 12.5. The lowest BCUT2D eigenvalue weighted by molar-refractivity contribution is -0.130. The molecular formula is C20H27N5O. The molecule has 2 aromatic heterocycles. The third-order valence-corrected chi connectivity index (χ3v) is 5.83. The van der Waals surface area contributed by atoms with E-state index < -0.39 is 0 Å². The van der Waals surface area contributed by atoms with E-state index in [-0.39, 0.29) is 0 Å². The summed E-state index contributed by atoms with van der Waals surface area (Å²) in [6.07, 6.45) is 12.6. The zero-order valence-corrected chi connectivity index (χ0v) is 15.2. The molecule has 4 rings (SSSR count). The average Bonchev–Trinajstić information content (AvgIpc) is 3.43. The molecule has 1 amide bonds. The molecule has 0 bridgehead atoms. The van der Waals surface area contributed by atoms with Crippen molar-refractivity contribution in [3.8, 4) is 11.4 Å². The Morgan fingerprint density at radius 3 is 2.77 bits per heavy atom. The van der Waals surface area contributed by atoms with Gasteiger partial charge in [0, 0.05) is 43.9 Å². The number of carbonyl (C=O) groups excluding carboxylic acids is 1. The number of pyridine rings is 1. The number of nitrogens with one attached hydrogen (secondary N) is 1. The number of hydrogen-bond donors (Lipinski definition) is 1. The van der Waals surface area contributed by atoms with Crippen molar-refractivity contribution in [2.45, 2.75) is 51.4 Å². The van der Waals surface area contributed by atoms with Crippen LogP contribution in [0, 0.1) is 11.8 Å². The smallest absolute Gasteiger partial charge is 0.222 e. The van der Waals surface area contributed by atoms with Gasteiger partial charge in [0.15, 0.2) is 5.82 Å².